The first-order valence-electron chi connectivity index (χ1n) is 7.56. The molecule has 120 valence electrons. The van der Waals surface area contributed by atoms with Crippen LogP contribution >= 0.6 is 0 Å². The molecule has 1 aromatic rings. The van der Waals surface area contributed by atoms with Gasteiger partial charge in [0.05, 0.1) is 0 Å². The van der Waals surface area contributed by atoms with E-state index in [1.165, 1.54) is 5.56 Å². The lowest BCUT2D eigenvalue weighted by atomic mass is 10.1. The number of hydrogen-bond acceptors (Lipinski definition) is 4. The van der Waals surface area contributed by atoms with Crippen LogP contribution in [0.2, 0.25) is 6.04 Å². The van der Waals surface area contributed by atoms with Gasteiger partial charge in [-0.25, -0.2) is 0 Å². The maximum Gasteiger partial charge on any atom is 0.500 e. The van der Waals surface area contributed by atoms with Gasteiger partial charge in [0.15, 0.2) is 0 Å². The summed E-state index contributed by atoms with van der Waals surface area (Å²) in [5.41, 5.74) is 1.38. The lowest BCUT2D eigenvalue weighted by Crippen LogP contribution is -2.44. The van der Waals surface area contributed by atoms with Crippen molar-refractivity contribution in [3.63, 3.8) is 0 Å². The molecule has 4 nitrogen and oxygen atoms in total. The van der Waals surface area contributed by atoms with Crippen LogP contribution in [0.15, 0.2) is 30.3 Å². The first kappa shape index (κ1) is 18.3. The molecule has 1 atom stereocenters. The van der Waals surface area contributed by atoms with Crippen molar-refractivity contribution in [1.29, 1.82) is 0 Å². The third-order valence-electron chi connectivity index (χ3n) is 3.78. The van der Waals surface area contributed by atoms with E-state index in [4.69, 9.17) is 13.3 Å². The van der Waals surface area contributed by atoms with Gasteiger partial charge in [0.2, 0.25) is 0 Å². The van der Waals surface area contributed by atoms with E-state index >= 15 is 0 Å². The Kier molecular flexibility index (Phi) is 8.80. The first-order chi connectivity index (χ1) is 10.2. The first-order valence-corrected chi connectivity index (χ1v) is 9.49. The third-order valence-corrected chi connectivity index (χ3v) is 6.84. The smallest absolute Gasteiger partial charge is 0.377 e. The van der Waals surface area contributed by atoms with Crippen LogP contribution in [0.4, 0.5) is 0 Å². The summed E-state index contributed by atoms with van der Waals surface area (Å²) in [5, 5.41) is 3.50. The Morgan fingerprint density at radius 2 is 1.62 bits per heavy atom. The fraction of sp³-hybridized carbons (Fsp3) is 0.625. The summed E-state index contributed by atoms with van der Waals surface area (Å²) in [6.07, 6.45) is 2.17. The van der Waals surface area contributed by atoms with E-state index < -0.39 is 8.80 Å². The van der Waals surface area contributed by atoms with E-state index in [1.807, 2.05) is 0 Å². The molecular weight excluding hydrogens is 282 g/mol. The van der Waals surface area contributed by atoms with Gasteiger partial charge in [-0.3, -0.25) is 0 Å². The zero-order valence-electron chi connectivity index (χ0n) is 13.7. The summed E-state index contributed by atoms with van der Waals surface area (Å²) in [6, 6.07) is 11.4. The fourth-order valence-corrected chi connectivity index (χ4v) is 4.44. The zero-order valence-corrected chi connectivity index (χ0v) is 14.7. The van der Waals surface area contributed by atoms with E-state index in [2.05, 4.69) is 42.6 Å². The van der Waals surface area contributed by atoms with Gasteiger partial charge in [0, 0.05) is 27.4 Å². The summed E-state index contributed by atoms with van der Waals surface area (Å²) >= 11 is 0. The van der Waals surface area contributed by atoms with Crippen molar-refractivity contribution >= 4 is 8.80 Å². The second kappa shape index (κ2) is 10.1. The Morgan fingerprint density at radius 3 is 2.19 bits per heavy atom. The minimum absolute atomic E-state index is 0.515. The largest absolute Gasteiger partial charge is 0.500 e. The molecule has 1 unspecified atom stereocenters. The predicted octanol–water partition coefficient (Wildman–Crippen LogP) is 2.72. The average Bonchev–Trinajstić information content (AvgIpc) is 2.53. The molecule has 0 radical (unpaired) electrons. The normalized spacial score (nSPS) is 13.3. The van der Waals surface area contributed by atoms with Crippen molar-refractivity contribution in [1.82, 2.24) is 5.32 Å². The number of hydrogen-bond donors (Lipinski definition) is 1. The molecule has 0 spiro atoms. The van der Waals surface area contributed by atoms with E-state index in [9.17, 15) is 0 Å². The van der Waals surface area contributed by atoms with Crippen LogP contribution in [-0.4, -0.2) is 43.2 Å². The second-order valence-corrected chi connectivity index (χ2v) is 8.38. The van der Waals surface area contributed by atoms with Gasteiger partial charge >= 0.3 is 8.80 Å². The van der Waals surface area contributed by atoms with E-state index in [1.54, 1.807) is 21.3 Å². The van der Waals surface area contributed by atoms with Crippen molar-refractivity contribution in [2.45, 2.75) is 25.8 Å². The molecular formula is C16H29NO3Si. The zero-order chi connectivity index (χ0) is 15.6. The quantitative estimate of drug-likeness (QED) is 0.504. The highest BCUT2D eigenvalue weighted by Crippen LogP contribution is 2.21. The Balaban J connectivity index is 2.17. The summed E-state index contributed by atoms with van der Waals surface area (Å²) in [5.74, 6) is 0.515. The maximum atomic E-state index is 5.47. The van der Waals surface area contributed by atoms with Gasteiger partial charge in [-0.2, -0.15) is 0 Å². The molecule has 0 saturated heterocycles. The van der Waals surface area contributed by atoms with Gasteiger partial charge in [0.25, 0.3) is 0 Å². The Labute approximate surface area is 130 Å². The van der Waals surface area contributed by atoms with Crippen LogP contribution in [0.5, 0.6) is 0 Å². The lowest BCUT2D eigenvalue weighted by Gasteiger charge is -2.27. The number of benzene rings is 1. The van der Waals surface area contributed by atoms with E-state index in [0.717, 1.165) is 32.0 Å². The van der Waals surface area contributed by atoms with E-state index in [0.29, 0.717) is 5.92 Å². The van der Waals surface area contributed by atoms with E-state index in [-0.39, 0.29) is 0 Å². The molecule has 0 aliphatic rings. The second-order valence-electron chi connectivity index (χ2n) is 5.38. The average molecular weight is 311 g/mol. The molecule has 1 rings (SSSR count). The van der Waals surface area contributed by atoms with Crippen molar-refractivity contribution in [3.05, 3.63) is 35.9 Å². The van der Waals surface area contributed by atoms with Gasteiger partial charge < -0.3 is 18.6 Å². The monoisotopic (exact) mass is 311 g/mol. The van der Waals surface area contributed by atoms with Crippen LogP contribution in [-0.2, 0) is 19.7 Å². The van der Waals surface area contributed by atoms with Gasteiger partial charge in [-0.15, -0.1) is 0 Å². The maximum absolute atomic E-state index is 5.47. The highest BCUT2D eigenvalue weighted by molar-refractivity contribution is 6.60. The Morgan fingerprint density at radius 1 is 1.00 bits per heavy atom. The van der Waals surface area contributed by atoms with Gasteiger partial charge in [0.1, 0.15) is 0 Å². The Hall–Kier alpha value is -0.723. The summed E-state index contributed by atoms with van der Waals surface area (Å²) in [4.78, 5) is 0. The summed E-state index contributed by atoms with van der Waals surface area (Å²) < 4.78 is 16.4. The minimum atomic E-state index is -2.43. The van der Waals surface area contributed by atoms with Gasteiger partial charge in [-0.05, 0) is 37.4 Å². The summed E-state index contributed by atoms with van der Waals surface area (Å²) in [6.45, 7) is 4.24. The summed E-state index contributed by atoms with van der Waals surface area (Å²) in [7, 11) is 2.58. The van der Waals surface area contributed by atoms with Crippen molar-refractivity contribution in [2.24, 2.45) is 5.92 Å². The Bertz CT molecular complexity index is 363. The van der Waals surface area contributed by atoms with Crippen LogP contribution in [0.1, 0.15) is 18.9 Å². The third kappa shape index (κ3) is 6.71. The van der Waals surface area contributed by atoms with Crippen molar-refractivity contribution in [3.8, 4) is 0 Å². The molecule has 1 N–H and O–H groups in total. The molecule has 21 heavy (non-hydrogen) atoms. The standard InChI is InChI=1S/C16H29NO3Si/c1-15(14-21(18-2,19-3)20-4)10-12-17-13-11-16-8-6-5-7-9-16/h5-9,15,17H,10-14H2,1-4H3. The van der Waals surface area contributed by atoms with Crippen molar-refractivity contribution < 1.29 is 13.3 Å². The molecule has 0 bridgehead atoms. The number of nitrogens with one attached hydrogen (secondary N) is 1. The molecule has 0 aliphatic carbocycles. The molecule has 0 aliphatic heterocycles. The molecule has 0 saturated carbocycles. The molecule has 0 heterocycles. The molecule has 5 heteroatoms. The van der Waals surface area contributed by atoms with Crippen LogP contribution in [0, 0.1) is 5.92 Å². The predicted molar refractivity (Wildman–Crippen MR) is 88.4 cm³/mol. The highest BCUT2D eigenvalue weighted by atomic mass is 28.4. The molecule has 0 aromatic heterocycles. The minimum Gasteiger partial charge on any atom is -0.377 e. The highest BCUT2D eigenvalue weighted by Gasteiger charge is 2.39. The molecule has 0 fully saturated rings. The van der Waals surface area contributed by atoms with Gasteiger partial charge in [-0.1, -0.05) is 37.3 Å². The van der Waals surface area contributed by atoms with Crippen LogP contribution in [0.25, 0.3) is 0 Å². The topological polar surface area (TPSA) is 39.7 Å². The fourth-order valence-electron chi connectivity index (χ4n) is 2.38. The van der Waals surface area contributed by atoms with Crippen LogP contribution < -0.4 is 5.32 Å². The van der Waals surface area contributed by atoms with Crippen LogP contribution in [0.3, 0.4) is 0 Å². The molecule has 0 amide bonds. The SMILES string of the molecule is CO[Si](CC(C)CCNCCc1ccccc1)(OC)OC. The lowest BCUT2D eigenvalue weighted by molar-refractivity contribution is 0.118. The van der Waals surface area contributed by atoms with Crippen molar-refractivity contribution in [2.75, 3.05) is 34.4 Å². The number of rotatable bonds is 11. The molecule has 1 aromatic carbocycles.